The van der Waals surface area contributed by atoms with Gasteiger partial charge in [0.1, 0.15) is 18.0 Å². The second-order valence-electron chi connectivity index (χ2n) is 6.00. The molecule has 2 N–H and O–H groups in total. The molecule has 1 fully saturated rings. The Bertz CT molecular complexity index is 788. The van der Waals surface area contributed by atoms with Gasteiger partial charge in [-0.2, -0.15) is 13.2 Å². The van der Waals surface area contributed by atoms with Crippen LogP contribution in [0.15, 0.2) is 18.7 Å². The van der Waals surface area contributed by atoms with Gasteiger partial charge in [-0.05, 0) is 12.8 Å². The Balaban J connectivity index is 1.81. The molecule has 0 aliphatic carbocycles. The average Bonchev–Trinajstić information content (AvgIpc) is 2.97. The van der Waals surface area contributed by atoms with E-state index in [1.807, 2.05) is 0 Å². The van der Waals surface area contributed by atoms with Crippen LogP contribution in [0.3, 0.4) is 0 Å². The number of alkyl halides is 3. The summed E-state index contributed by atoms with van der Waals surface area (Å²) in [5.41, 5.74) is 4.98. The number of aryl methyl sites for hydroxylation is 1. The standard InChI is InChI=1S/C15H17F3N6O/c1-23-7-11(15(16,17)18)22-13(23)9-3-2-4-24(6-9)14(25)10-5-20-8-21-12(10)19/h5,7-9H,2-4,6H2,1H3,(H2,19,20,21)/t9-/m1/s1. The van der Waals surface area contributed by atoms with E-state index in [2.05, 4.69) is 15.0 Å². The molecule has 0 saturated carbocycles. The van der Waals surface area contributed by atoms with E-state index < -0.39 is 11.9 Å². The van der Waals surface area contributed by atoms with Crippen molar-refractivity contribution in [3.05, 3.63) is 35.8 Å². The van der Waals surface area contributed by atoms with Crippen LogP contribution in [0.2, 0.25) is 0 Å². The zero-order valence-electron chi connectivity index (χ0n) is 13.5. The fourth-order valence-electron chi connectivity index (χ4n) is 3.04. The lowest BCUT2D eigenvalue weighted by Gasteiger charge is -2.32. The van der Waals surface area contributed by atoms with Gasteiger partial charge in [0, 0.05) is 38.4 Å². The highest BCUT2D eigenvalue weighted by Gasteiger charge is 2.36. The molecule has 1 aliphatic rings. The molecule has 1 saturated heterocycles. The van der Waals surface area contributed by atoms with Gasteiger partial charge in [-0.3, -0.25) is 4.79 Å². The number of anilines is 1. The van der Waals surface area contributed by atoms with Crippen molar-refractivity contribution in [2.75, 3.05) is 18.8 Å². The van der Waals surface area contributed by atoms with Crippen LogP contribution in [-0.4, -0.2) is 43.4 Å². The first-order chi connectivity index (χ1) is 11.8. The molecule has 0 radical (unpaired) electrons. The number of rotatable bonds is 2. The number of nitrogens with two attached hydrogens (primary N) is 1. The maximum Gasteiger partial charge on any atom is 0.434 e. The van der Waals surface area contributed by atoms with Gasteiger partial charge in [-0.1, -0.05) is 0 Å². The predicted octanol–water partition coefficient (Wildman–Crippen LogP) is 1.83. The van der Waals surface area contributed by atoms with Crippen LogP contribution in [-0.2, 0) is 13.2 Å². The molecular formula is C15H17F3N6O. The second kappa shape index (κ2) is 6.34. The molecule has 0 unspecified atom stereocenters. The number of piperidine rings is 1. The fourth-order valence-corrected chi connectivity index (χ4v) is 3.04. The summed E-state index contributed by atoms with van der Waals surface area (Å²) in [5.74, 6) is -0.196. The lowest BCUT2D eigenvalue weighted by Crippen LogP contribution is -2.40. The van der Waals surface area contributed by atoms with Crippen molar-refractivity contribution >= 4 is 11.7 Å². The fraction of sp³-hybridized carbons (Fsp3) is 0.467. The largest absolute Gasteiger partial charge is 0.434 e. The summed E-state index contributed by atoms with van der Waals surface area (Å²) < 4.78 is 39.9. The minimum atomic E-state index is -4.49. The third-order valence-electron chi connectivity index (χ3n) is 4.25. The van der Waals surface area contributed by atoms with E-state index >= 15 is 0 Å². The first-order valence-corrected chi connectivity index (χ1v) is 7.72. The molecular weight excluding hydrogens is 337 g/mol. The molecule has 0 spiro atoms. The first-order valence-electron chi connectivity index (χ1n) is 7.72. The number of halogens is 3. The molecule has 3 heterocycles. The van der Waals surface area contributed by atoms with Gasteiger partial charge in [0.25, 0.3) is 5.91 Å². The maximum absolute atomic E-state index is 12.9. The summed E-state index contributed by atoms with van der Waals surface area (Å²) in [7, 11) is 1.53. The molecule has 1 aliphatic heterocycles. The van der Waals surface area contributed by atoms with Crippen LogP contribution < -0.4 is 5.73 Å². The van der Waals surface area contributed by atoms with E-state index in [-0.39, 0.29) is 29.8 Å². The van der Waals surface area contributed by atoms with E-state index in [0.717, 1.165) is 6.20 Å². The van der Waals surface area contributed by atoms with E-state index in [0.29, 0.717) is 25.2 Å². The highest BCUT2D eigenvalue weighted by molar-refractivity contribution is 5.98. The quantitative estimate of drug-likeness (QED) is 0.889. The van der Waals surface area contributed by atoms with Gasteiger partial charge in [-0.25, -0.2) is 15.0 Å². The van der Waals surface area contributed by atoms with Crippen molar-refractivity contribution in [2.45, 2.75) is 24.9 Å². The molecule has 7 nitrogen and oxygen atoms in total. The molecule has 1 atom stereocenters. The monoisotopic (exact) mass is 354 g/mol. The van der Waals surface area contributed by atoms with Crippen molar-refractivity contribution in [3.63, 3.8) is 0 Å². The molecule has 25 heavy (non-hydrogen) atoms. The maximum atomic E-state index is 12.9. The smallest absolute Gasteiger partial charge is 0.383 e. The predicted molar refractivity (Wildman–Crippen MR) is 82.5 cm³/mol. The minimum Gasteiger partial charge on any atom is -0.383 e. The van der Waals surface area contributed by atoms with Crippen molar-refractivity contribution in [1.82, 2.24) is 24.4 Å². The molecule has 2 aromatic heterocycles. The Kier molecular flexibility index (Phi) is 4.36. The number of hydrogen-bond donors (Lipinski definition) is 1. The molecule has 0 aromatic carbocycles. The number of amides is 1. The molecule has 3 rings (SSSR count). The molecule has 134 valence electrons. The highest BCUT2D eigenvalue weighted by atomic mass is 19.4. The van der Waals surface area contributed by atoms with E-state index in [1.54, 1.807) is 4.90 Å². The Labute approximate surface area is 141 Å². The number of hydrogen-bond acceptors (Lipinski definition) is 5. The molecule has 0 bridgehead atoms. The number of aromatic nitrogens is 4. The molecule has 2 aromatic rings. The summed E-state index contributed by atoms with van der Waals surface area (Å²) in [4.78, 5) is 25.5. The van der Waals surface area contributed by atoms with E-state index in [9.17, 15) is 18.0 Å². The van der Waals surface area contributed by atoms with E-state index in [1.165, 1.54) is 24.1 Å². The van der Waals surface area contributed by atoms with Gasteiger partial charge in [-0.15, -0.1) is 0 Å². The Morgan fingerprint density at radius 2 is 2.16 bits per heavy atom. The highest BCUT2D eigenvalue weighted by Crippen LogP contribution is 2.32. The van der Waals surface area contributed by atoms with Crippen LogP contribution in [0.25, 0.3) is 0 Å². The number of imidazole rings is 1. The van der Waals surface area contributed by atoms with Crippen molar-refractivity contribution in [2.24, 2.45) is 7.05 Å². The van der Waals surface area contributed by atoms with Gasteiger partial charge < -0.3 is 15.2 Å². The van der Waals surface area contributed by atoms with Gasteiger partial charge in [0.05, 0.1) is 5.56 Å². The molecule has 10 heteroatoms. The topological polar surface area (TPSA) is 89.9 Å². The lowest BCUT2D eigenvalue weighted by atomic mass is 9.96. The summed E-state index contributed by atoms with van der Waals surface area (Å²) >= 11 is 0. The zero-order valence-corrected chi connectivity index (χ0v) is 13.5. The van der Waals surface area contributed by atoms with Crippen LogP contribution in [0.1, 0.15) is 40.6 Å². The third kappa shape index (κ3) is 3.42. The average molecular weight is 354 g/mol. The lowest BCUT2D eigenvalue weighted by molar-refractivity contribution is -0.141. The number of nitrogen functional groups attached to an aromatic ring is 1. The minimum absolute atomic E-state index is 0.0819. The molecule has 1 amide bonds. The number of carbonyl (C=O) groups is 1. The van der Waals surface area contributed by atoms with Crippen molar-refractivity contribution < 1.29 is 18.0 Å². The normalized spacial score (nSPS) is 18.4. The first kappa shape index (κ1) is 17.2. The van der Waals surface area contributed by atoms with Crippen molar-refractivity contribution in [1.29, 1.82) is 0 Å². The van der Waals surface area contributed by atoms with Crippen LogP contribution in [0, 0.1) is 0 Å². The number of carbonyl (C=O) groups excluding carboxylic acids is 1. The number of likely N-dealkylation sites (tertiary alicyclic amines) is 1. The summed E-state index contributed by atoms with van der Waals surface area (Å²) in [6.07, 6.45) is 0.397. The summed E-state index contributed by atoms with van der Waals surface area (Å²) in [6.45, 7) is 0.773. The Hall–Kier alpha value is -2.65. The second-order valence-corrected chi connectivity index (χ2v) is 6.00. The summed E-state index contributed by atoms with van der Waals surface area (Å²) in [6, 6.07) is 0. The number of nitrogens with zero attached hydrogens (tertiary/aromatic N) is 5. The van der Waals surface area contributed by atoms with Gasteiger partial charge in [0.15, 0.2) is 5.69 Å². The van der Waals surface area contributed by atoms with E-state index in [4.69, 9.17) is 5.73 Å². The van der Waals surface area contributed by atoms with Crippen LogP contribution in [0.5, 0.6) is 0 Å². The third-order valence-corrected chi connectivity index (χ3v) is 4.25. The van der Waals surface area contributed by atoms with Gasteiger partial charge >= 0.3 is 6.18 Å². The Morgan fingerprint density at radius 3 is 2.80 bits per heavy atom. The zero-order chi connectivity index (χ0) is 18.2. The van der Waals surface area contributed by atoms with Gasteiger partial charge in [0.2, 0.25) is 0 Å². The SMILES string of the molecule is Cn1cc(C(F)(F)F)nc1[C@@H]1CCCN(C(=O)c2cncnc2N)C1. The van der Waals surface area contributed by atoms with Crippen LogP contribution in [0.4, 0.5) is 19.0 Å². The van der Waals surface area contributed by atoms with Crippen molar-refractivity contribution in [3.8, 4) is 0 Å². The Morgan fingerprint density at radius 1 is 1.40 bits per heavy atom. The summed E-state index contributed by atoms with van der Waals surface area (Å²) in [5, 5.41) is 0. The van der Waals surface area contributed by atoms with Crippen LogP contribution >= 0.6 is 0 Å².